The maximum atomic E-state index is 13.0. The fourth-order valence-corrected chi connectivity index (χ4v) is 3.43. The molecule has 2 N–H and O–H groups in total. The van der Waals surface area contributed by atoms with Gasteiger partial charge in [-0.2, -0.15) is 5.10 Å². The van der Waals surface area contributed by atoms with E-state index >= 15 is 0 Å². The van der Waals surface area contributed by atoms with Gasteiger partial charge in [0.1, 0.15) is 18.1 Å². The molecule has 0 atom stereocenters. The van der Waals surface area contributed by atoms with E-state index < -0.39 is 11.8 Å². The average molecular weight is 447 g/mol. The highest BCUT2D eigenvalue weighted by atomic mass is 16.5. The number of ether oxygens (including phenoxy) is 1. The number of nitrogens with one attached hydrogen (secondary N) is 2. The number of rotatable bonds is 6. The minimum absolute atomic E-state index is 0.0577. The molecule has 0 spiro atoms. The van der Waals surface area contributed by atoms with Gasteiger partial charge in [-0.15, -0.1) is 0 Å². The van der Waals surface area contributed by atoms with Gasteiger partial charge < -0.3 is 9.15 Å². The third kappa shape index (κ3) is 4.72. The molecule has 0 unspecified atom stereocenters. The Morgan fingerprint density at radius 1 is 1.09 bits per heavy atom. The van der Waals surface area contributed by atoms with Gasteiger partial charge in [-0.1, -0.05) is 32.0 Å². The van der Waals surface area contributed by atoms with Crippen LogP contribution in [0, 0.1) is 6.92 Å². The molecule has 9 nitrogen and oxygen atoms in total. The Kier molecular flexibility index (Phi) is 6.12. The number of carbonyl (C=O) groups excluding carboxylic acids is 2. The molecule has 4 aromatic rings. The van der Waals surface area contributed by atoms with Crippen LogP contribution < -0.4 is 15.6 Å². The second kappa shape index (κ2) is 9.15. The highest BCUT2D eigenvalue weighted by Crippen LogP contribution is 2.24. The number of nitrogens with zero attached hydrogens (tertiary/aromatic N) is 3. The van der Waals surface area contributed by atoms with Gasteiger partial charge in [0, 0.05) is 12.7 Å². The number of pyridine rings is 1. The number of amides is 2. The van der Waals surface area contributed by atoms with Crippen molar-refractivity contribution in [3.63, 3.8) is 0 Å². The van der Waals surface area contributed by atoms with Crippen molar-refractivity contribution < 1.29 is 18.7 Å². The number of carbonyl (C=O) groups is 2. The summed E-state index contributed by atoms with van der Waals surface area (Å²) in [4.78, 5) is 30.1. The van der Waals surface area contributed by atoms with E-state index in [0.29, 0.717) is 33.8 Å². The fraction of sp³-hybridized carbons (Fsp3) is 0.250. The molecular weight excluding hydrogens is 422 g/mol. The van der Waals surface area contributed by atoms with Crippen molar-refractivity contribution >= 4 is 22.8 Å². The van der Waals surface area contributed by atoms with Gasteiger partial charge >= 0.3 is 5.91 Å². The Morgan fingerprint density at radius 3 is 2.55 bits per heavy atom. The Bertz CT molecular complexity index is 1310. The number of fused-ring (bicyclic) bond motifs is 1. The fourth-order valence-electron chi connectivity index (χ4n) is 3.43. The monoisotopic (exact) mass is 447 g/mol. The van der Waals surface area contributed by atoms with E-state index in [2.05, 4.69) is 20.9 Å². The molecule has 170 valence electrons. The SMILES string of the molecule is Cc1nn(C)c2nc(C(C)C)cc(C(=O)NNC(=O)c3ccc(COc4ccccc4)o3)c12. The van der Waals surface area contributed by atoms with Gasteiger partial charge in [0.15, 0.2) is 11.4 Å². The molecular formula is C24H25N5O4. The summed E-state index contributed by atoms with van der Waals surface area (Å²) in [7, 11) is 1.78. The summed E-state index contributed by atoms with van der Waals surface area (Å²) in [6.45, 7) is 5.99. The van der Waals surface area contributed by atoms with Gasteiger partial charge in [-0.3, -0.25) is 25.1 Å². The molecule has 3 heterocycles. The zero-order valence-electron chi connectivity index (χ0n) is 18.9. The van der Waals surface area contributed by atoms with Crippen LogP contribution in [0.25, 0.3) is 11.0 Å². The van der Waals surface area contributed by atoms with E-state index in [4.69, 9.17) is 9.15 Å². The second-order valence-electron chi connectivity index (χ2n) is 7.93. The smallest absolute Gasteiger partial charge is 0.305 e. The number of furan rings is 1. The summed E-state index contributed by atoms with van der Waals surface area (Å²) < 4.78 is 12.8. The van der Waals surface area contributed by atoms with E-state index in [9.17, 15) is 9.59 Å². The summed E-state index contributed by atoms with van der Waals surface area (Å²) in [5, 5.41) is 5.02. The molecule has 0 bridgehead atoms. The van der Waals surface area contributed by atoms with E-state index in [1.165, 1.54) is 6.07 Å². The van der Waals surface area contributed by atoms with E-state index in [0.717, 1.165) is 5.69 Å². The standard InChI is InChI=1S/C24H25N5O4/c1-14(2)19-12-18(21-15(3)28-29(4)22(21)25-19)23(30)26-27-24(31)20-11-10-17(33-20)13-32-16-8-6-5-7-9-16/h5-12,14H,13H2,1-4H3,(H,26,30)(H,27,31). The van der Waals surface area contributed by atoms with Crippen molar-refractivity contribution in [3.05, 3.63) is 77.0 Å². The largest absolute Gasteiger partial charge is 0.486 e. The normalized spacial score (nSPS) is 11.1. The first-order valence-corrected chi connectivity index (χ1v) is 10.5. The van der Waals surface area contributed by atoms with Crippen molar-refractivity contribution in [3.8, 4) is 5.75 Å². The van der Waals surface area contributed by atoms with Crippen molar-refractivity contribution in [1.82, 2.24) is 25.6 Å². The van der Waals surface area contributed by atoms with Crippen LogP contribution in [0.5, 0.6) is 5.75 Å². The van der Waals surface area contributed by atoms with Gasteiger partial charge in [0.05, 0.1) is 16.6 Å². The lowest BCUT2D eigenvalue weighted by molar-refractivity contribution is 0.0829. The first-order chi connectivity index (χ1) is 15.8. The highest BCUT2D eigenvalue weighted by Gasteiger charge is 2.20. The predicted octanol–water partition coefficient (Wildman–Crippen LogP) is 3.65. The van der Waals surface area contributed by atoms with Crippen LogP contribution >= 0.6 is 0 Å². The molecule has 0 aliphatic heterocycles. The van der Waals surface area contributed by atoms with Crippen molar-refractivity contribution in [2.75, 3.05) is 0 Å². The zero-order valence-corrected chi connectivity index (χ0v) is 18.9. The van der Waals surface area contributed by atoms with Crippen LogP contribution in [0.4, 0.5) is 0 Å². The molecule has 2 amide bonds. The first kappa shape index (κ1) is 22.1. The molecule has 33 heavy (non-hydrogen) atoms. The van der Waals surface area contributed by atoms with Crippen LogP contribution in [-0.2, 0) is 13.7 Å². The van der Waals surface area contributed by atoms with Crippen LogP contribution in [0.1, 0.15) is 57.8 Å². The Balaban J connectivity index is 1.44. The van der Waals surface area contributed by atoms with Crippen LogP contribution in [0.15, 0.2) is 52.9 Å². The minimum Gasteiger partial charge on any atom is -0.486 e. The Morgan fingerprint density at radius 2 is 1.82 bits per heavy atom. The van der Waals surface area contributed by atoms with Gasteiger partial charge in [0.25, 0.3) is 5.91 Å². The van der Waals surface area contributed by atoms with E-state index in [1.807, 2.05) is 51.1 Å². The number of aromatic nitrogens is 3. The summed E-state index contributed by atoms with van der Waals surface area (Å²) in [5.74, 6) is 0.313. The molecule has 0 radical (unpaired) electrons. The lowest BCUT2D eigenvalue weighted by atomic mass is 10.0. The van der Waals surface area contributed by atoms with Crippen LogP contribution in [0.3, 0.4) is 0 Å². The molecule has 3 aromatic heterocycles. The van der Waals surface area contributed by atoms with Gasteiger partial charge in [0.2, 0.25) is 0 Å². The summed E-state index contributed by atoms with van der Waals surface area (Å²) in [6.07, 6.45) is 0. The maximum absolute atomic E-state index is 13.0. The van der Waals surface area contributed by atoms with Crippen molar-refractivity contribution in [2.45, 2.75) is 33.3 Å². The third-order valence-corrected chi connectivity index (χ3v) is 5.12. The Hall–Kier alpha value is -4.14. The predicted molar refractivity (Wildman–Crippen MR) is 122 cm³/mol. The number of aryl methyl sites for hydroxylation is 2. The molecule has 0 saturated heterocycles. The van der Waals surface area contributed by atoms with Crippen LogP contribution in [-0.4, -0.2) is 26.6 Å². The summed E-state index contributed by atoms with van der Waals surface area (Å²) in [6, 6.07) is 14.2. The molecule has 0 aliphatic carbocycles. The lowest BCUT2D eigenvalue weighted by Gasteiger charge is -2.11. The van der Waals surface area contributed by atoms with Gasteiger partial charge in [-0.05, 0) is 43.2 Å². The van der Waals surface area contributed by atoms with E-state index in [-0.39, 0.29) is 18.3 Å². The third-order valence-electron chi connectivity index (χ3n) is 5.12. The maximum Gasteiger partial charge on any atom is 0.305 e. The molecule has 0 saturated carbocycles. The Labute approximate surface area is 190 Å². The number of benzene rings is 1. The number of hydrazine groups is 1. The van der Waals surface area contributed by atoms with Gasteiger partial charge in [-0.25, -0.2) is 4.98 Å². The number of hydrogen-bond donors (Lipinski definition) is 2. The zero-order chi connectivity index (χ0) is 23.5. The second-order valence-corrected chi connectivity index (χ2v) is 7.93. The highest BCUT2D eigenvalue weighted by molar-refractivity contribution is 6.07. The van der Waals surface area contributed by atoms with E-state index in [1.54, 1.807) is 23.9 Å². The number of para-hydroxylation sites is 1. The lowest BCUT2D eigenvalue weighted by Crippen LogP contribution is -2.41. The summed E-state index contributed by atoms with van der Waals surface area (Å²) in [5.41, 5.74) is 7.32. The average Bonchev–Trinajstić information content (AvgIpc) is 3.40. The molecule has 9 heteroatoms. The topological polar surface area (TPSA) is 111 Å². The molecule has 4 rings (SSSR count). The number of hydrogen-bond acceptors (Lipinski definition) is 6. The summed E-state index contributed by atoms with van der Waals surface area (Å²) >= 11 is 0. The quantitative estimate of drug-likeness (QED) is 0.437. The molecule has 1 aromatic carbocycles. The molecule has 0 aliphatic rings. The first-order valence-electron chi connectivity index (χ1n) is 10.5. The minimum atomic E-state index is -0.577. The van der Waals surface area contributed by atoms with Crippen molar-refractivity contribution in [2.24, 2.45) is 7.05 Å². The van der Waals surface area contributed by atoms with Crippen LogP contribution in [0.2, 0.25) is 0 Å². The van der Waals surface area contributed by atoms with Crippen molar-refractivity contribution in [1.29, 1.82) is 0 Å². The molecule has 0 fully saturated rings.